The fourth-order valence-corrected chi connectivity index (χ4v) is 0.298. The quantitative estimate of drug-likeness (QED) is 0.271. The van der Waals surface area contributed by atoms with Gasteiger partial charge < -0.3 is 10.8 Å². The van der Waals surface area contributed by atoms with Crippen molar-refractivity contribution in [2.45, 2.75) is 6.04 Å². The van der Waals surface area contributed by atoms with Gasteiger partial charge in [-0.2, -0.15) is 0 Å². The lowest BCUT2D eigenvalue weighted by molar-refractivity contribution is -0.140. The number of hydrogen-bond donors (Lipinski definition) is 3. The number of carbonyl (C=O) groups is 2. The highest BCUT2D eigenvalue weighted by Crippen LogP contribution is 1.83. The Balaban J connectivity index is 3.91. The molecule has 1 unspecified atom stereocenters. The van der Waals surface area contributed by atoms with Crippen molar-refractivity contribution in [2.24, 2.45) is 5.73 Å². The van der Waals surface area contributed by atoms with Crippen LogP contribution in [0.25, 0.3) is 0 Å². The summed E-state index contributed by atoms with van der Waals surface area (Å²) < 4.78 is 0. The number of nitrogens with two attached hydrogens (primary N) is 1. The largest absolute Gasteiger partial charge is 0.480 e. The number of hydrogen-bond acceptors (Lipinski definition) is 4. The van der Waals surface area contributed by atoms with Gasteiger partial charge in [0.15, 0.2) is 0 Å². The Bertz CT molecular complexity index is 179. The summed E-state index contributed by atoms with van der Waals surface area (Å²) in [5, 5.41) is 16.8. The van der Waals surface area contributed by atoms with E-state index in [0.29, 0.717) is 0 Å². The van der Waals surface area contributed by atoms with Gasteiger partial charge in [0, 0.05) is 6.20 Å². The molecule has 0 radical (unpaired) electrons. The number of carboxylic acid groups (broad SMARTS) is 1. The molecule has 0 saturated carbocycles. The van der Waals surface area contributed by atoms with Crippen LogP contribution in [0.2, 0.25) is 0 Å². The van der Waals surface area contributed by atoms with Gasteiger partial charge in [0.2, 0.25) is 6.41 Å². The zero-order chi connectivity index (χ0) is 8.85. The normalized spacial score (nSPS) is 12.9. The molecule has 0 fully saturated rings. The van der Waals surface area contributed by atoms with E-state index in [2.05, 4.69) is 0 Å². The number of aliphatic carboxylic acids is 1. The van der Waals surface area contributed by atoms with E-state index in [4.69, 9.17) is 16.0 Å². The molecule has 0 aromatic rings. The first-order valence-electron chi connectivity index (χ1n) is 2.67. The fraction of sp³-hybridized carbons (Fsp3) is 0.200. The van der Waals surface area contributed by atoms with Gasteiger partial charge in [-0.05, 0) is 6.08 Å². The molecule has 6 nitrogen and oxygen atoms in total. The fourth-order valence-electron chi connectivity index (χ4n) is 0.298. The number of amides is 1. The second kappa shape index (κ2) is 4.42. The minimum Gasteiger partial charge on any atom is -0.480 e. The van der Waals surface area contributed by atoms with Crippen LogP contribution in [0.1, 0.15) is 0 Å². The number of carboxylic acids is 1. The van der Waals surface area contributed by atoms with Crippen LogP contribution in [-0.4, -0.2) is 33.8 Å². The predicted octanol–water partition coefficient (Wildman–Crippen LogP) is -1.24. The summed E-state index contributed by atoms with van der Waals surface area (Å²) in [6.45, 7) is 0. The first kappa shape index (κ1) is 9.60. The van der Waals surface area contributed by atoms with Gasteiger partial charge in [0.25, 0.3) is 0 Å². The van der Waals surface area contributed by atoms with Crippen molar-refractivity contribution in [3.8, 4) is 0 Å². The van der Waals surface area contributed by atoms with Crippen molar-refractivity contribution in [1.29, 1.82) is 0 Å². The molecule has 6 heteroatoms. The Morgan fingerprint density at radius 1 is 1.64 bits per heavy atom. The molecule has 0 rings (SSSR count). The van der Waals surface area contributed by atoms with Gasteiger partial charge >= 0.3 is 5.97 Å². The summed E-state index contributed by atoms with van der Waals surface area (Å²) in [7, 11) is 0. The lowest BCUT2D eigenvalue weighted by Crippen LogP contribution is -2.28. The number of hydroxylamine groups is 2. The zero-order valence-corrected chi connectivity index (χ0v) is 5.54. The van der Waals surface area contributed by atoms with Crippen molar-refractivity contribution in [3.05, 3.63) is 12.3 Å². The van der Waals surface area contributed by atoms with Gasteiger partial charge in [-0.15, -0.1) is 0 Å². The molecule has 62 valence electrons. The Morgan fingerprint density at radius 3 is 2.55 bits per heavy atom. The molecule has 11 heavy (non-hydrogen) atoms. The summed E-state index contributed by atoms with van der Waals surface area (Å²) in [5.41, 5.74) is 4.98. The average Bonchev–Trinajstić information content (AvgIpc) is 1.99. The number of rotatable bonds is 4. The van der Waals surface area contributed by atoms with Crippen molar-refractivity contribution >= 4 is 12.4 Å². The third-order valence-electron chi connectivity index (χ3n) is 0.839. The van der Waals surface area contributed by atoms with Crippen molar-refractivity contribution in [3.63, 3.8) is 0 Å². The topological polar surface area (TPSA) is 104 Å². The van der Waals surface area contributed by atoms with E-state index in [1.54, 1.807) is 0 Å². The standard InChI is InChI=1S/C5H8N2O4/c6-4(5(9)10)1-2-7(11)3-8/h1-4,11H,6H2,(H,9,10). The summed E-state index contributed by atoms with van der Waals surface area (Å²) in [5.74, 6) is -1.24. The Labute approximate surface area is 62.5 Å². The van der Waals surface area contributed by atoms with Gasteiger partial charge in [0.05, 0.1) is 0 Å². The highest BCUT2D eigenvalue weighted by Gasteiger charge is 2.05. The van der Waals surface area contributed by atoms with E-state index in [-0.39, 0.29) is 11.5 Å². The smallest absolute Gasteiger partial charge is 0.324 e. The molecular formula is C5H8N2O4. The molecule has 0 aromatic carbocycles. The van der Waals surface area contributed by atoms with Crippen molar-refractivity contribution in [2.75, 3.05) is 0 Å². The second-order valence-corrected chi connectivity index (χ2v) is 1.69. The second-order valence-electron chi connectivity index (χ2n) is 1.69. The maximum absolute atomic E-state index is 10.0. The molecule has 0 heterocycles. The minimum absolute atomic E-state index is 0.102. The molecule has 0 saturated heterocycles. The highest BCUT2D eigenvalue weighted by atomic mass is 16.5. The molecule has 4 N–H and O–H groups in total. The van der Waals surface area contributed by atoms with Crippen molar-refractivity contribution in [1.82, 2.24) is 5.06 Å². The third kappa shape index (κ3) is 4.06. The molecular weight excluding hydrogens is 152 g/mol. The number of carbonyl (C=O) groups excluding carboxylic acids is 1. The minimum atomic E-state index is -1.24. The first-order valence-corrected chi connectivity index (χ1v) is 2.67. The molecule has 0 aromatic heterocycles. The summed E-state index contributed by atoms with van der Waals surface area (Å²) in [4.78, 5) is 19.8. The van der Waals surface area contributed by atoms with Crippen LogP contribution in [0, 0.1) is 0 Å². The van der Waals surface area contributed by atoms with Crippen LogP contribution in [0.3, 0.4) is 0 Å². The van der Waals surface area contributed by atoms with Crippen LogP contribution in [-0.2, 0) is 9.59 Å². The molecule has 0 aliphatic heterocycles. The van der Waals surface area contributed by atoms with Crippen LogP contribution in [0.15, 0.2) is 12.3 Å². The summed E-state index contributed by atoms with van der Waals surface area (Å²) in [6, 6.07) is -1.22. The SMILES string of the molecule is NC(C=CN(O)C=O)C(=O)O. The van der Waals surface area contributed by atoms with Crippen LogP contribution >= 0.6 is 0 Å². The Kier molecular flexibility index (Phi) is 3.86. The lowest BCUT2D eigenvalue weighted by Gasteiger charge is -2.01. The van der Waals surface area contributed by atoms with Crippen LogP contribution in [0.4, 0.5) is 0 Å². The van der Waals surface area contributed by atoms with Crippen LogP contribution in [0.5, 0.6) is 0 Å². The summed E-state index contributed by atoms with van der Waals surface area (Å²) >= 11 is 0. The van der Waals surface area contributed by atoms with Gasteiger partial charge in [-0.3, -0.25) is 14.8 Å². The lowest BCUT2D eigenvalue weighted by atomic mass is 10.3. The van der Waals surface area contributed by atoms with Gasteiger partial charge in [0.1, 0.15) is 6.04 Å². The monoisotopic (exact) mass is 160 g/mol. The molecule has 1 amide bonds. The van der Waals surface area contributed by atoms with Gasteiger partial charge in [-0.25, -0.2) is 5.06 Å². The predicted molar refractivity (Wildman–Crippen MR) is 34.4 cm³/mol. The third-order valence-corrected chi connectivity index (χ3v) is 0.839. The molecule has 0 aliphatic carbocycles. The first-order chi connectivity index (χ1) is 5.07. The van der Waals surface area contributed by atoms with Crippen molar-refractivity contribution < 1.29 is 19.9 Å². The zero-order valence-electron chi connectivity index (χ0n) is 5.54. The highest BCUT2D eigenvalue weighted by molar-refractivity contribution is 5.75. The maximum atomic E-state index is 10.0. The Hall–Kier alpha value is -1.40. The van der Waals surface area contributed by atoms with E-state index in [0.717, 1.165) is 12.3 Å². The molecule has 0 spiro atoms. The van der Waals surface area contributed by atoms with E-state index in [9.17, 15) is 9.59 Å². The van der Waals surface area contributed by atoms with E-state index >= 15 is 0 Å². The maximum Gasteiger partial charge on any atom is 0.324 e. The van der Waals surface area contributed by atoms with Crippen LogP contribution < -0.4 is 5.73 Å². The van der Waals surface area contributed by atoms with E-state index < -0.39 is 12.0 Å². The van der Waals surface area contributed by atoms with E-state index in [1.165, 1.54) is 0 Å². The average molecular weight is 160 g/mol. The Morgan fingerprint density at radius 2 is 2.18 bits per heavy atom. The number of nitrogens with zero attached hydrogens (tertiary/aromatic N) is 1. The molecule has 1 atom stereocenters. The van der Waals surface area contributed by atoms with E-state index in [1.807, 2.05) is 0 Å². The molecule has 0 bridgehead atoms. The van der Waals surface area contributed by atoms with Gasteiger partial charge in [-0.1, -0.05) is 0 Å². The summed E-state index contributed by atoms with van der Waals surface area (Å²) in [6.07, 6.45) is 1.92. The molecule has 0 aliphatic rings.